The third-order valence-electron chi connectivity index (χ3n) is 6.27. The van der Waals surface area contributed by atoms with Crippen molar-refractivity contribution < 1.29 is 9.59 Å². The van der Waals surface area contributed by atoms with E-state index in [0.29, 0.717) is 18.7 Å². The summed E-state index contributed by atoms with van der Waals surface area (Å²) in [5, 5.41) is 2.99. The van der Waals surface area contributed by atoms with Crippen LogP contribution in [0.5, 0.6) is 0 Å². The van der Waals surface area contributed by atoms with E-state index in [4.69, 9.17) is 6.42 Å². The van der Waals surface area contributed by atoms with E-state index < -0.39 is 0 Å². The van der Waals surface area contributed by atoms with Crippen LogP contribution in [-0.2, 0) is 17.8 Å². The lowest BCUT2D eigenvalue weighted by molar-refractivity contribution is -0.122. The van der Waals surface area contributed by atoms with E-state index in [1.807, 2.05) is 35.2 Å². The van der Waals surface area contributed by atoms with Crippen molar-refractivity contribution in [2.24, 2.45) is 0 Å². The smallest absolute Gasteiger partial charge is 0.253 e. The fourth-order valence-electron chi connectivity index (χ4n) is 4.62. The number of carbonyl (C=O) groups is 2. The van der Waals surface area contributed by atoms with Crippen molar-refractivity contribution in [3.05, 3.63) is 70.8 Å². The fourth-order valence-corrected chi connectivity index (χ4v) is 4.62. The molecule has 5 nitrogen and oxygen atoms in total. The minimum absolute atomic E-state index is 0.0446. The quantitative estimate of drug-likeness (QED) is 0.707. The Kier molecular flexibility index (Phi) is 6.69. The number of carbonyl (C=O) groups excluding carboxylic acids is 2. The van der Waals surface area contributed by atoms with Crippen molar-refractivity contribution in [3.63, 3.8) is 0 Å². The van der Waals surface area contributed by atoms with E-state index >= 15 is 0 Å². The predicted molar refractivity (Wildman–Crippen MR) is 121 cm³/mol. The molecule has 2 aliphatic rings. The van der Waals surface area contributed by atoms with Crippen LogP contribution in [0, 0.1) is 12.3 Å². The standard InChI is InChI=1S/C26H29N3O2/c1-2-15-29(24-14-13-21-7-3-4-8-23(21)24)19-25(30)27-18-20-9-11-22(12-10-20)26(31)28-16-5-6-17-28/h1,3-4,7-12,24H,5-6,13-19H2,(H,27,30). The van der Waals surface area contributed by atoms with Crippen molar-refractivity contribution in [1.82, 2.24) is 15.1 Å². The van der Waals surface area contributed by atoms with Crippen LogP contribution in [0.15, 0.2) is 48.5 Å². The molecule has 0 saturated carbocycles. The lowest BCUT2D eigenvalue weighted by Crippen LogP contribution is -2.38. The van der Waals surface area contributed by atoms with Gasteiger partial charge >= 0.3 is 0 Å². The van der Waals surface area contributed by atoms with Crippen molar-refractivity contribution in [2.45, 2.75) is 38.3 Å². The number of aryl methyl sites for hydroxylation is 1. The third kappa shape index (κ3) is 4.98. The van der Waals surface area contributed by atoms with Gasteiger partial charge in [0.1, 0.15) is 0 Å². The number of benzene rings is 2. The Bertz CT molecular complexity index is 971. The van der Waals surface area contributed by atoms with E-state index in [-0.39, 0.29) is 24.4 Å². The topological polar surface area (TPSA) is 52.7 Å². The summed E-state index contributed by atoms with van der Waals surface area (Å²) >= 11 is 0. The second-order valence-electron chi connectivity index (χ2n) is 8.34. The molecule has 0 radical (unpaired) electrons. The fraction of sp³-hybridized carbons (Fsp3) is 0.385. The summed E-state index contributed by atoms with van der Waals surface area (Å²) in [6, 6.07) is 16.1. The molecule has 0 bridgehead atoms. The number of terminal acetylenes is 1. The molecular formula is C26H29N3O2. The largest absolute Gasteiger partial charge is 0.351 e. The molecule has 2 aromatic carbocycles. The monoisotopic (exact) mass is 415 g/mol. The predicted octanol–water partition coefficient (Wildman–Crippen LogP) is 3.16. The second-order valence-corrected chi connectivity index (χ2v) is 8.34. The molecule has 1 aliphatic heterocycles. The molecule has 1 heterocycles. The van der Waals surface area contributed by atoms with Crippen LogP contribution in [0.2, 0.25) is 0 Å². The number of hydrogen-bond donors (Lipinski definition) is 1. The summed E-state index contributed by atoms with van der Waals surface area (Å²) in [6.45, 7) is 2.84. The first kappa shape index (κ1) is 21.1. The summed E-state index contributed by atoms with van der Waals surface area (Å²) in [4.78, 5) is 29.1. The molecule has 2 amide bonds. The van der Waals surface area contributed by atoms with Gasteiger partial charge in [-0.2, -0.15) is 0 Å². The summed E-state index contributed by atoms with van der Waals surface area (Å²) < 4.78 is 0. The zero-order valence-corrected chi connectivity index (χ0v) is 17.8. The highest BCUT2D eigenvalue weighted by Gasteiger charge is 2.28. The van der Waals surface area contributed by atoms with Crippen molar-refractivity contribution in [3.8, 4) is 12.3 Å². The number of nitrogens with one attached hydrogen (secondary N) is 1. The van der Waals surface area contributed by atoms with Crippen LogP contribution in [0.4, 0.5) is 0 Å². The maximum atomic E-state index is 12.6. The highest BCUT2D eigenvalue weighted by Crippen LogP contribution is 2.35. The normalized spacial score (nSPS) is 17.4. The average Bonchev–Trinajstić information content (AvgIpc) is 3.47. The highest BCUT2D eigenvalue weighted by molar-refractivity contribution is 5.94. The summed E-state index contributed by atoms with van der Waals surface area (Å²) in [6.07, 6.45) is 9.76. The second kappa shape index (κ2) is 9.80. The Morgan fingerprint density at radius 1 is 1.10 bits per heavy atom. The first-order valence-electron chi connectivity index (χ1n) is 11.1. The molecule has 1 unspecified atom stereocenters. The van der Waals surface area contributed by atoms with Crippen LogP contribution in [-0.4, -0.2) is 47.8 Å². The number of likely N-dealkylation sites (tertiary alicyclic amines) is 1. The molecule has 0 spiro atoms. The van der Waals surface area contributed by atoms with Gasteiger partial charge in [-0.15, -0.1) is 6.42 Å². The molecule has 1 N–H and O–H groups in total. The Labute approximate surface area is 184 Å². The first-order valence-corrected chi connectivity index (χ1v) is 11.1. The Morgan fingerprint density at radius 3 is 2.58 bits per heavy atom. The van der Waals surface area contributed by atoms with Crippen molar-refractivity contribution in [1.29, 1.82) is 0 Å². The number of fused-ring (bicyclic) bond motifs is 1. The van der Waals surface area contributed by atoms with Gasteiger partial charge in [0.15, 0.2) is 0 Å². The molecular weight excluding hydrogens is 386 g/mol. The molecule has 160 valence electrons. The zero-order chi connectivity index (χ0) is 21.6. The summed E-state index contributed by atoms with van der Waals surface area (Å²) in [7, 11) is 0. The van der Waals surface area contributed by atoms with Gasteiger partial charge in [-0.25, -0.2) is 0 Å². The van der Waals surface area contributed by atoms with Gasteiger partial charge in [0.2, 0.25) is 5.91 Å². The van der Waals surface area contributed by atoms with Gasteiger partial charge in [0.25, 0.3) is 5.91 Å². The van der Waals surface area contributed by atoms with Crippen LogP contribution in [0.1, 0.15) is 52.4 Å². The number of hydrogen-bond acceptors (Lipinski definition) is 3. The maximum Gasteiger partial charge on any atom is 0.253 e. The average molecular weight is 416 g/mol. The highest BCUT2D eigenvalue weighted by atomic mass is 16.2. The van der Waals surface area contributed by atoms with Gasteiger partial charge in [-0.05, 0) is 54.5 Å². The minimum atomic E-state index is -0.0446. The Hall–Kier alpha value is -3.10. The van der Waals surface area contributed by atoms with Gasteiger partial charge in [0.05, 0.1) is 13.1 Å². The van der Waals surface area contributed by atoms with E-state index in [2.05, 4.69) is 34.3 Å². The molecule has 1 fully saturated rings. The number of amides is 2. The van der Waals surface area contributed by atoms with Gasteiger partial charge in [0, 0.05) is 31.2 Å². The zero-order valence-electron chi connectivity index (χ0n) is 17.8. The third-order valence-corrected chi connectivity index (χ3v) is 6.27. The number of nitrogens with zero attached hydrogens (tertiary/aromatic N) is 2. The van der Waals surface area contributed by atoms with E-state index in [1.54, 1.807) is 0 Å². The van der Waals surface area contributed by atoms with Gasteiger partial charge < -0.3 is 10.2 Å². The first-order chi connectivity index (χ1) is 15.2. The lowest BCUT2D eigenvalue weighted by atomic mass is 10.1. The number of rotatable bonds is 7. The van der Waals surface area contributed by atoms with Crippen LogP contribution in [0.3, 0.4) is 0 Å². The molecule has 2 aromatic rings. The Morgan fingerprint density at radius 2 is 1.84 bits per heavy atom. The van der Waals surface area contributed by atoms with Crippen molar-refractivity contribution >= 4 is 11.8 Å². The molecule has 31 heavy (non-hydrogen) atoms. The van der Waals surface area contributed by atoms with Crippen LogP contribution < -0.4 is 5.32 Å². The SMILES string of the molecule is C#CCN(CC(=O)NCc1ccc(C(=O)N2CCCC2)cc1)C1CCc2ccccc21. The molecule has 4 rings (SSSR count). The van der Waals surface area contributed by atoms with E-state index in [1.165, 1.54) is 11.1 Å². The molecule has 1 atom stereocenters. The molecule has 5 heteroatoms. The van der Waals surface area contributed by atoms with E-state index in [0.717, 1.165) is 44.3 Å². The minimum Gasteiger partial charge on any atom is -0.351 e. The molecule has 0 aromatic heterocycles. The Balaban J connectivity index is 1.32. The summed E-state index contributed by atoms with van der Waals surface area (Å²) in [5.41, 5.74) is 4.31. The van der Waals surface area contributed by atoms with Crippen LogP contribution in [0.25, 0.3) is 0 Å². The van der Waals surface area contributed by atoms with Gasteiger partial charge in [-0.3, -0.25) is 14.5 Å². The molecule has 1 saturated heterocycles. The molecule has 1 aliphatic carbocycles. The lowest BCUT2D eigenvalue weighted by Gasteiger charge is -2.27. The van der Waals surface area contributed by atoms with Crippen LogP contribution >= 0.6 is 0 Å². The maximum absolute atomic E-state index is 12.6. The van der Waals surface area contributed by atoms with Crippen molar-refractivity contribution in [2.75, 3.05) is 26.2 Å². The van der Waals surface area contributed by atoms with E-state index in [9.17, 15) is 9.59 Å². The van der Waals surface area contributed by atoms with Gasteiger partial charge in [-0.1, -0.05) is 42.3 Å². The summed E-state index contributed by atoms with van der Waals surface area (Å²) in [5.74, 6) is 2.75.